The molecule has 4 rings (SSSR count). The van der Waals surface area contributed by atoms with Gasteiger partial charge >= 0.3 is 0 Å². The number of halogens is 1. The third-order valence-electron chi connectivity index (χ3n) is 4.15. The monoisotopic (exact) mass is 418 g/mol. The standard InChI is InChI=1S/C22H15BrN2O2/c23-17-8-4-5-15(13-17)14-20-22(27)25(18-9-11-19(26)12-10-18)21(24-20)16-6-2-1-3-7-16/h1-14,26H/b20-14+. The number of anilines is 1. The predicted octanol–water partition coefficient (Wildman–Crippen LogP) is 4.99. The van der Waals surface area contributed by atoms with E-state index < -0.39 is 0 Å². The van der Waals surface area contributed by atoms with Crippen molar-refractivity contribution in [1.29, 1.82) is 0 Å². The highest BCUT2D eigenvalue weighted by atomic mass is 79.9. The molecule has 3 aromatic rings. The van der Waals surface area contributed by atoms with Gasteiger partial charge in [0.25, 0.3) is 5.91 Å². The van der Waals surface area contributed by atoms with Crippen LogP contribution in [0, 0.1) is 0 Å². The van der Waals surface area contributed by atoms with E-state index in [-0.39, 0.29) is 11.7 Å². The van der Waals surface area contributed by atoms with Gasteiger partial charge in [0.15, 0.2) is 0 Å². The Balaban J connectivity index is 1.82. The fourth-order valence-corrected chi connectivity index (χ4v) is 3.31. The largest absolute Gasteiger partial charge is 0.508 e. The van der Waals surface area contributed by atoms with E-state index in [2.05, 4.69) is 20.9 Å². The summed E-state index contributed by atoms with van der Waals surface area (Å²) in [6.45, 7) is 0. The third-order valence-corrected chi connectivity index (χ3v) is 4.65. The first-order valence-corrected chi connectivity index (χ1v) is 9.16. The van der Waals surface area contributed by atoms with E-state index in [0.717, 1.165) is 15.6 Å². The molecule has 0 radical (unpaired) electrons. The van der Waals surface area contributed by atoms with Crippen molar-refractivity contribution in [2.75, 3.05) is 4.90 Å². The van der Waals surface area contributed by atoms with Gasteiger partial charge in [-0.1, -0.05) is 58.4 Å². The first-order chi connectivity index (χ1) is 13.1. The van der Waals surface area contributed by atoms with Crippen molar-refractivity contribution in [2.45, 2.75) is 0 Å². The van der Waals surface area contributed by atoms with Crippen LogP contribution in [-0.4, -0.2) is 16.8 Å². The SMILES string of the molecule is O=C1/C(=C\c2cccc(Br)c2)N=C(c2ccccc2)N1c1ccc(O)cc1. The summed E-state index contributed by atoms with van der Waals surface area (Å²) in [6, 6.07) is 23.8. The van der Waals surface area contributed by atoms with Crippen LogP contribution in [0.4, 0.5) is 5.69 Å². The van der Waals surface area contributed by atoms with Gasteiger partial charge < -0.3 is 5.11 Å². The summed E-state index contributed by atoms with van der Waals surface area (Å²) >= 11 is 3.45. The molecule has 4 nitrogen and oxygen atoms in total. The van der Waals surface area contributed by atoms with Gasteiger partial charge in [-0.3, -0.25) is 9.69 Å². The molecule has 1 aliphatic rings. The van der Waals surface area contributed by atoms with Gasteiger partial charge in [0.2, 0.25) is 0 Å². The van der Waals surface area contributed by atoms with Crippen molar-refractivity contribution in [3.8, 4) is 5.75 Å². The minimum absolute atomic E-state index is 0.147. The lowest BCUT2D eigenvalue weighted by atomic mass is 10.1. The Morgan fingerprint density at radius 3 is 2.37 bits per heavy atom. The maximum atomic E-state index is 13.1. The van der Waals surface area contributed by atoms with Gasteiger partial charge in [-0.05, 0) is 48.0 Å². The molecule has 1 amide bonds. The van der Waals surface area contributed by atoms with Gasteiger partial charge in [-0.25, -0.2) is 4.99 Å². The van der Waals surface area contributed by atoms with Crippen LogP contribution in [0.2, 0.25) is 0 Å². The van der Waals surface area contributed by atoms with E-state index in [4.69, 9.17) is 0 Å². The van der Waals surface area contributed by atoms with Gasteiger partial charge in [0.05, 0.1) is 5.69 Å². The molecule has 0 bridgehead atoms. The first kappa shape index (κ1) is 17.2. The number of carbonyl (C=O) groups excluding carboxylic acids is 1. The molecular formula is C22H15BrN2O2. The number of rotatable bonds is 3. The van der Waals surface area contributed by atoms with E-state index in [1.165, 1.54) is 0 Å². The van der Waals surface area contributed by atoms with Gasteiger partial charge in [-0.15, -0.1) is 0 Å². The summed E-state index contributed by atoms with van der Waals surface area (Å²) in [4.78, 5) is 19.3. The minimum atomic E-state index is -0.209. The van der Waals surface area contributed by atoms with E-state index in [0.29, 0.717) is 17.2 Å². The van der Waals surface area contributed by atoms with Crippen LogP contribution < -0.4 is 4.90 Å². The van der Waals surface area contributed by atoms with E-state index in [9.17, 15) is 9.90 Å². The molecule has 27 heavy (non-hydrogen) atoms. The maximum Gasteiger partial charge on any atom is 0.282 e. The summed E-state index contributed by atoms with van der Waals surface area (Å²) in [5, 5.41) is 9.57. The van der Waals surface area contributed by atoms with Gasteiger partial charge in [0, 0.05) is 10.0 Å². The summed E-state index contributed by atoms with van der Waals surface area (Å²) in [5.74, 6) is 0.501. The molecule has 1 aliphatic heterocycles. The van der Waals surface area contributed by atoms with Gasteiger partial charge in [0.1, 0.15) is 17.3 Å². The second kappa shape index (κ2) is 7.21. The van der Waals surface area contributed by atoms with E-state index >= 15 is 0 Å². The van der Waals surface area contributed by atoms with Crippen LogP contribution in [0.5, 0.6) is 5.75 Å². The second-order valence-electron chi connectivity index (χ2n) is 6.04. The van der Waals surface area contributed by atoms with Crippen LogP contribution in [0.15, 0.2) is 94.0 Å². The lowest BCUT2D eigenvalue weighted by Gasteiger charge is -2.18. The molecule has 0 unspecified atom stereocenters. The average molecular weight is 419 g/mol. The number of amidine groups is 1. The molecule has 0 saturated heterocycles. The lowest BCUT2D eigenvalue weighted by Crippen LogP contribution is -2.32. The molecule has 1 N–H and O–H groups in total. The quantitative estimate of drug-likeness (QED) is 0.609. The van der Waals surface area contributed by atoms with Crippen molar-refractivity contribution in [3.05, 3.63) is 100 Å². The second-order valence-corrected chi connectivity index (χ2v) is 6.96. The van der Waals surface area contributed by atoms with E-state index in [1.54, 1.807) is 35.2 Å². The summed E-state index contributed by atoms with van der Waals surface area (Å²) in [5.41, 5.74) is 2.74. The molecule has 0 fully saturated rings. The zero-order valence-corrected chi connectivity index (χ0v) is 15.8. The Morgan fingerprint density at radius 2 is 1.67 bits per heavy atom. The number of phenols is 1. The normalized spacial score (nSPS) is 15.3. The molecule has 3 aromatic carbocycles. The summed E-state index contributed by atoms with van der Waals surface area (Å²) in [6.07, 6.45) is 1.77. The zero-order valence-electron chi connectivity index (χ0n) is 14.2. The summed E-state index contributed by atoms with van der Waals surface area (Å²) < 4.78 is 0.935. The van der Waals surface area contributed by atoms with Crippen molar-refractivity contribution in [1.82, 2.24) is 0 Å². The molecule has 1 heterocycles. The highest BCUT2D eigenvalue weighted by Crippen LogP contribution is 2.29. The van der Waals surface area contributed by atoms with Crippen LogP contribution in [0.1, 0.15) is 11.1 Å². The minimum Gasteiger partial charge on any atom is -0.508 e. The number of hydrogen-bond acceptors (Lipinski definition) is 3. The Morgan fingerprint density at radius 1 is 0.926 bits per heavy atom. The average Bonchev–Trinajstić information content (AvgIpc) is 3.00. The summed E-state index contributed by atoms with van der Waals surface area (Å²) in [7, 11) is 0. The number of nitrogens with zero attached hydrogens (tertiary/aromatic N) is 2. The zero-order chi connectivity index (χ0) is 18.8. The number of aromatic hydroxyl groups is 1. The van der Waals surface area contributed by atoms with Crippen LogP contribution in [0.25, 0.3) is 6.08 Å². The molecule has 5 heteroatoms. The Bertz CT molecular complexity index is 1060. The fraction of sp³-hybridized carbons (Fsp3) is 0. The van der Waals surface area contributed by atoms with Crippen molar-refractivity contribution in [2.24, 2.45) is 4.99 Å². The van der Waals surface area contributed by atoms with E-state index in [1.807, 2.05) is 54.6 Å². The molecular weight excluding hydrogens is 404 g/mol. The third kappa shape index (κ3) is 3.55. The van der Waals surface area contributed by atoms with Crippen molar-refractivity contribution >= 4 is 39.4 Å². The molecule has 132 valence electrons. The smallest absolute Gasteiger partial charge is 0.282 e. The van der Waals surface area contributed by atoms with Crippen molar-refractivity contribution in [3.63, 3.8) is 0 Å². The molecule has 0 aromatic heterocycles. The lowest BCUT2D eigenvalue weighted by molar-refractivity contribution is -0.113. The van der Waals surface area contributed by atoms with Crippen LogP contribution >= 0.6 is 15.9 Å². The number of carbonyl (C=O) groups is 1. The molecule has 0 atom stereocenters. The predicted molar refractivity (Wildman–Crippen MR) is 111 cm³/mol. The number of phenolic OH excluding ortho intramolecular Hbond substituents is 1. The Labute approximate surface area is 165 Å². The number of amides is 1. The molecule has 0 aliphatic carbocycles. The molecule has 0 spiro atoms. The number of hydrogen-bond donors (Lipinski definition) is 1. The maximum absolute atomic E-state index is 13.1. The fourth-order valence-electron chi connectivity index (χ4n) is 2.89. The number of aliphatic imine (C=N–C) groups is 1. The number of benzene rings is 3. The molecule has 0 saturated carbocycles. The van der Waals surface area contributed by atoms with Crippen LogP contribution in [-0.2, 0) is 4.79 Å². The Kier molecular flexibility index (Phi) is 4.60. The highest BCUT2D eigenvalue weighted by molar-refractivity contribution is 9.10. The topological polar surface area (TPSA) is 52.9 Å². The first-order valence-electron chi connectivity index (χ1n) is 8.37. The highest BCUT2D eigenvalue weighted by Gasteiger charge is 2.32. The van der Waals surface area contributed by atoms with Gasteiger partial charge in [-0.2, -0.15) is 0 Å². The van der Waals surface area contributed by atoms with Crippen LogP contribution in [0.3, 0.4) is 0 Å². The Hall–Kier alpha value is -3.18. The van der Waals surface area contributed by atoms with Crippen molar-refractivity contribution < 1.29 is 9.90 Å².